The fraction of sp³-hybridized carbons (Fsp3) is 0.353. The van der Waals surface area contributed by atoms with Crippen LogP contribution in [0, 0.1) is 0 Å². The number of aromatic nitrogens is 2. The summed E-state index contributed by atoms with van der Waals surface area (Å²) in [7, 11) is 0. The summed E-state index contributed by atoms with van der Waals surface area (Å²) in [6.45, 7) is 0.648. The summed E-state index contributed by atoms with van der Waals surface area (Å²) in [5, 5.41) is 23.0. The summed E-state index contributed by atoms with van der Waals surface area (Å²) >= 11 is 0. The monoisotopic (exact) mass is 360 g/mol. The van der Waals surface area contributed by atoms with Gasteiger partial charge in [0.05, 0.1) is 31.1 Å². The van der Waals surface area contributed by atoms with Gasteiger partial charge in [-0.2, -0.15) is 5.10 Å². The van der Waals surface area contributed by atoms with Gasteiger partial charge in [-0.05, 0) is 24.3 Å². The number of hydrogen-bond acceptors (Lipinski definition) is 6. The van der Waals surface area contributed by atoms with Gasteiger partial charge in [-0.15, -0.1) is 0 Å². The second-order valence-electron chi connectivity index (χ2n) is 5.99. The number of hydrogen-bond donors (Lipinski definition) is 3. The van der Waals surface area contributed by atoms with Gasteiger partial charge in [0.2, 0.25) is 0 Å². The topological polar surface area (TPSA) is 131 Å². The van der Waals surface area contributed by atoms with Gasteiger partial charge < -0.3 is 25.6 Å². The molecule has 2 heterocycles. The van der Waals surface area contributed by atoms with Crippen LogP contribution >= 0.6 is 0 Å². The molecule has 0 saturated carbocycles. The summed E-state index contributed by atoms with van der Waals surface area (Å²) in [6, 6.07) is 8.25. The molecule has 1 aliphatic heterocycles. The molecule has 9 nitrogen and oxygen atoms in total. The number of ether oxygens (including phenoxy) is 1. The lowest BCUT2D eigenvalue weighted by Gasteiger charge is -2.27. The van der Waals surface area contributed by atoms with Crippen LogP contribution in [0.5, 0.6) is 5.75 Å². The average Bonchev–Trinajstić information content (AvgIpc) is 3.08. The summed E-state index contributed by atoms with van der Waals surface area (Å²) in [6.07, 6.45) is -1.03. The largest absolute Gasteiger partial charge is 0.484 e. The average molecular weight is 360 g/mol. The Bertz CT molecular complexity index is 819. The molecule has 0 fully saturated rings. The summed E-state index contributed by atoms with van der Waals surface area (Å²) in [5.74, 6) is -0.372. The Kier molecular flexibility index (Phi) is 5.19. The minimum absolute atomic E-state index is 0.175. The first-order valence-corrected chi connectivity index (χ1v) is 8.14. The van der Waals surface area contributed by atoms with Crippen LogP contribution < -0.4 is 10.5 Å². The molecule has 1 aromatic heterocycles. The first kappa shape index (κ1) is 17.9. The van der Waals surface area contributed by atoms with E-state index in [0.717, 1.165) is 5.69 Å². The molecule has 1 atom stereocenters. The van der Waals surface area contributed by atoms with Gasteiger partial charge in [0, 0.05) is 12.1 Å². The molecule has 0 unspecified atom stereocenters. The summed E-state index contributed by atoms with van der Waals surface area (Å²) in [4.78, 5) is 25.2. The highest BCUT2D eigenvalue weighted by molar-refractivity contribution is 5.94. The molecule has 2 amide bonds. The van der Waals surface area contributed by atoms with E-state index in [0.29, 0.717) is 36.6 Å². The molecule has 4 N–H and O–H groups in total. The highest BCUT2D eigenvalue weighted by atomic mass is 16.5. The second kappa shape index (κ2) is 7.54. The molecule has 9 heteroatoms. The van der Waals surface area contributed by atoms with Crippen LogP contribution in [-0.2, 0) is 17.9 Å². The van der Waals surface area contributed by atoms with E-state index in [4.69, 9.17) is 15.6 Å². The number of aliphatic hydroxyl groups is 2. The molecule has 26 heavy (non-hydrogen) atoms. The Balaban J connectivity index is 1.72. The van der Waals surface area contributed by atoms with Gasteiger partial charge in [-0.1, -0.05) is 6.07 Å². The number of nitrogens with zero attached hydrogens (tertiary/aromatic N) is 3. The van der Waals surface area contributed by atoms with E-state index in [1.807, 2.05) is 0 Å². The van der Waals surface area contributed by atoms with E-state index < -0.39 is 18.6 Å². The van der Waals surface area contributed by atoms with E-state index in [1.54, 1.807) is 39.9 Å². The molecule has 0 saturated heterocycles. The van der Waals surface area contributed by atoms with Crippen molar-refractivity contribution in [2.45, 2.75) is 19.2 Å². The quantitative estimate of drug-likeness (QED) is 0.632. The van der Waals surface area contributed by atoms with Crippen molar-refractivity contribution in [2.75, 3.05) is 19.8 Å². The van der Waals surface area contributed by atoms with E-state index >= 15 is 0 Å². The Morgan fingerprint density at radius 2 is 2.12 bits per heavy atom. The maximum atomic E-state index is 12.8. The number of fused-ring (bicyclic) bond motifs is 1. The number of aliphatic hydroxyl groups excluding tert-OH is 2. The van der Waals surface area contributed by atoms with Crippen molar-refractivity contribution >= 4 is 11.8 Å². The zero-order valence-electron chi connectivity index (χ0n) is 14.0. The Hall–Kier alpha value is -2.91. The van der Waals surface area contributed by atoms with Crippen molar-refractivity contribution in [2.24, 2.45) is 5.73 Å². The first-order chi connectivity index (χ1) is 12.5. The third-order valence-electron chi connectivity index (χ3n) is 4.08. The maximum Gasteiger partial charge on any atom is 0.255 e. The lowest BCUT2D eigenvalue weighted by molar-refractivity contribution is -0.119. The third kappa shape index (κ3) is 3.84. The number of carbonyl (C=O) groups is 2. The predicted octanol–water partition coefficient (Wildman–Crippen LogP) is -0.571. The number of amides is 2. The third-order valence-corrected chi connectivity index (χ3v) is 4.08. The Morgan fingerprint density at radius 1 is 1.31 bits per heavy atom. The van der Waals surface area contributed by atoms with Crippen molar-refractivity contribution in [3.05, 3.63) is 47.3 Å². The number of primary amides is 1. The fourth-order valence-corrected chi connectivity index (χ4v) is 2.77. The predicted molar refractivity (Wildman–Crippen MR) is 90.1 cm³/mol. The van der Waals surface area contributed by atoms with Gasteiger partial charge in [-0.3, -0.25) is 14.3 Å². The van der Waals surface area contributed by atoms with E-state index in [9.17, 15) is 14.7 Å². The van der Waals surface area contributed by atoms with Gasteiger partial charge in [0.1, 0.15) is 11.9 Å². The normalized spacial score (nSPS) is 14.6. The van der Waals surface area contributed by atoms with Crippen LogP contribution in [0.25, 0.3) is 0 Å². The zero-order chi connectivity index (χ0) is 18.7. The fourth-order valence-electron chi connectivity index (χ4n) is 2.77. The molecular formula is C17H20N4O5. The second-order valence-corrected chi connectivity index (χ2v) is 5.99. The lowest BCUT2D eigenvalue weighted by atomic mass is 10.1. The smallest absolute Gasteiger partial charge is 0.255 e. The number of carbonyl (C=O) groups excluding carboxylic acids is 2. The van der Waals surface area contributed by atoms with Crippen LogP contribution in [0.2, 0.25) is 0 Å². The summed E-state index contributed by atoms with van der Waals surface area (Å²) < 4.78 is 6.96. The molecule has 0 bridgehead atoms. The Labute approximate surface area is 149 Å². The molecule has 2 aromatic rings. The van der Waals surface area contributed by atoms with E-state index in [-0.39, 0.29) is 12.5 Å². The van der Waals surface area contributed by atoms with Gasteiger partial charge in [0.25, 0.3) is 11.8 Å². The molecule has 3 rings (SSSR count). The molecule has 0 radical (unpaired) electrons. The number of nitrogens with two attached hydrogens (primary N) is 1. The van der Waals surface area contributed by atoms with Crippen LogP contribution in [0.3, 0.4) is 0 Å². The number of benzene rings is 1. The summed E-state index contributed by atoms with van der Waals surface area (Å²) in [5.41, 5.74) is 6.67. The number of rotatable bonds is 6. The van der Waals surface area contributed by atoms with Gasteiger partial charge in [-0.25, -0.2) is 0 Å². The van der Waals surface area contributed by atoms with Gasteiger partial charge in [0.15, 0.2) is 6.61 Å². The van der Waals surface area contributed by atoms with Crippen LogP contribution in [0.1, 0.15) is 27.8 Å². The maximum absolute atomic E-state index is 12.8. The minimum Gasteiger partial charge on any atom is -0.484 e. The lowest BCUT2D eigenvalue weighted by Crippen LogP contribution is -2.38. The van der Waals surface area contributed by atoms with E-state index in [1.165, 1.54) is 0 Å². The molecule has 1 aromatic carbocycles. The standard InChI is InChI=1S/C17H20N4O5/c18-16(24)10-26-13-3-1-2-11(6-13)17(25)20-4-5-21-12(8-20)7-14(19-21)15(23)9-22/h1-3,6-7,15,22-23H,4-5,8-10H2,(H2,18,24)/t15-/m0/s1. The molecule has 1 aliphatic rings. The minimum atomic E-state index is -1.03. The van der Waals surface area contributed by atoms with Crippen molar-refractivity contribution in [3.63, 3.8) is 0 Å². The van der Waals surface area contributed by atoms with Crippen molar-refractivity contribution in [3.8, 4) is 5.75 Å². The van der Waals surface area contributed by atoms with Crippen LogP contribution in [0.15, 0.2) is 30.3 Å². The van der Waals surface area contributed by atoms with Crippen LogP contribution in [-0.4, -0.2) is 56.5 Å². The van der Waals surface area contributed by atoms with Crippen molar-refractivity contribution in [1.29, 1.82) is 0 Å². The van der Waals surface area contributed by atoms with Crippen molar-refractivity contribution in [1.82, 2.24) is 14.7 Å². The molecule has 0 aliphatic carbocycles. The Morgan fingerprint density at radius 3 is 2.85 bits per heavy atom. The van der Waals surface area contributed by atoms with E-state index in [2.05, 4.69) is 5.10 Å². The van der Waals surface area contributed by atoms with Crippen LogP contribution in [0.4, 0.5) is 0 Å². The van der Waals surface area contributed by atoms with Crippen molar-refractivity contribution < 1.29 is 24.5 Å². The zero-order valence-corrected chi connectivity index (χ0v) is 14.0. The first-order valence-electron chi connectivity index (χ1n) is 8.14. The highest BCUT2D eigenvalue weighted by Gasteiger charge is 2.24. The molecular weight excluding hydrogens is 340 g/mol. The molecule has 0 spiro atoms. The highest BCUT2D eigenvalue weighted by Crippen LogP contribution is 2.21. The SMILES string of the molecule is NC(=O)COc1cccc(C(=O)N2CCn3nc([C@@H](O)CO)cc3C2)c1. The van der Waals surface area contributed by atoms with Gasteiger partial charge >= 0.3 is 0 Å². The molecule has 138 valence electrons.